The summed E-state index contributed by atoms with van der Waals surface area (Å²) in [6.07, 6.45) is 10.1. The smallest absolute Gasteiger partial charge is 0.330 e. The van der Waals surface area contributed by atoms with E-state index >= 15 is 0 Å². The van der Waals surface area contributed by atoms with Crippen LogP contribution in [0.25, 0.3) is 0 Å². The van der Waals surface area contributed by atoms with E-state index in [4.69, 9.17) is 9.84 Å². The molecule has 2 aliphatic carbocycles. The number of esters is 1. The van der Waals surface area contributed by atoms with Gasteiger partial charge in [0.1, 0.15) is 12.9 Å². The van der Waals surface area contributed by atoms with Crippen LogP contribution < -0.4 is 0 Å². The summed E-state index contributed by atoms with van der Waals surface area (Å²) in [4.78, 5) is 35.4. The fourth-order valence-corrected chi connectivity index (χ4v) is 5.79. The van der Waals surface area contributed by atoms with Crippen LogP contribution in [0.5, 0.6) is 0 Å². The molecule has 1 N–H and O–H groups in total. The zero-order valence-electron chi connectivity index (χ0n) is 19.2. The average Bonchev–Trinajstić information content (AvgIpc) is 2.67. The fourth-order valence-electron chi connectivity index (χ4n) is 5.79. The minimum atomic E-state index is -0.756. The number of aliphatic carboxylic acids is 1. The summed E-state index contributed by atoms with van der Waals surface area (Å²) in [7, 11) is 0. The predicted octanol–water partition coefficient (Wildman–Crippen LogP) is 5.34. The molecule has 5 unspecified atom stereocenters. The van der Waals surface area contributed by atoms with Crippen molar-refractivity contribution < 1.29 is 24.2 Å². The van der Waals surface area contributed by atoms with Crippen LogP contribution in [0.1, 0.15) is 79.6 Å². The van der Waals surface area contributed by atoms with Gasteiger partial charge in [-0.05, 0) is 81.1 Å². The second-order valence-corrected chi connectivity index (χ2v) is 10.1. The number of carbonyl (C=O) groups is 3. The first-order valence-corrected chi connectivity index (χ1v) is 11.2. The maximum atomic E-state index is 12.2. The Morgan fingerprint density at radius 1 is 1.33 bits per heavy atom. The number of fused-ring (bicyclic) bond motifs is 1. The summed E-state index contributed by atoms with van der Waals surface area (Å²) in [6, 6.07) is 0. The zero-order chi connectivity index (χ0) is 22.5. The highest BCUT2D eigenvalue weighted by atomic mass is 16.5. The third kappa shape index (κ3) is 5.22. The predicted molar refractivity (Wildman–Crippen MR) is 117 cm³/mol. The highest BCUT2D eigenvalue weighted by molar-refractivity contribution is 5.83. The molecule has 168 valence electrons. The molecule has 5 nitrogen and oxygen atoms in total. The van der Waals surface area contributed by atoms with Crippen molar-refractivity contribution in [3.63, 3.8) is 0 Å². The lowest BCUT2D eigenvalue weighted by molar-refractivity contribution is -0.149. The van der Waals surface area contributed by atoms with Gasteiger partial charge in [-0.1, -0.05) is 32.4 Å². The maximum absolute atomic E-state index is 12.2. The van der Waals surface area contributed by atoms with Gasteiger partial charge in [-0.3, -0.25) is 9.59 Å². The van der Waals surface area contributed by atoms with E-state index in [0.29, 0.717) is 5.92 Å². The van der Waals surface area contributed by atoms with Gasteiger partial charge < -0.3 is 9.84 Å². The van der Waals surface area contributed by atoms with Crippen LogP contribution in [0.2, 0.25) is 0 Å². The number of hydrogen-bond acceptors (Lipinski definition) is 4. The van der Waals surface area contributed by atoms with Gasteiger partial charge in [0.25, 0.3) is 0 Å². The summed E-state index contributed by atoms with van der Waals surface area (Å²) in [5.41, 5.74) is 1.19. The number of hydrogen-bond donors (Lipinski definition) is 1. The van der Waals surface area contributed by atoms with Crippen molar-refractivity contribution in [1.29, 1.82) is 0 Å². The van der Waals surface area contributed by atoms with E-state index in [1.807, 2.05) is 26.8 Å². The Morgan fingerprint density at radius 3 is 2.63 bits per heavy atom. The lowest BCUT2D eigenvalue weighted by Crippen LogP contribution is -2.53. The summed E-state index contributed by atoms with van der Waals surface area (Å²) < 4.78 is 5.70. The maximum Gasteiger partial charge on any atom is 0.330 e. The van der Waals surface area contributed by atoms with Gasteiger partial charge in [-0.2, -0.15) is 0 Å². The molecule has 0 aromatic rings. The number of aldehydes is 1. The third-order valence-corrected chi connectivity index (χ3v) is 7.71. The number of rotatable bonds is 9. The van der Waals surface area contributed by atoms with E-state index in [0.717, 1.165) is 56.0 Å². The molecule has 0 heterocycles. The van der Waals surface area contributed by atoms with Crippen LogP contribution in [0.4, 0.5) is 0 Å². The number of carboxylic acids is 1. The summed E-state index contributed by atoms with van der Waals surface area (Å²) >= 11 is 0. The van der Waals surface area contributed by atoms with Crippen LogP contribution in [-0.4, -0.2) is 29.9 Å². The van der Waals surface area contributed by atoms with Crippen molar-refractivity contribution in [3.8, 4) is 0 Å². The van der Waals surface area contributed by atoms with Crippen molar-refractivity contribution >= 4 is 18.2 Å². The van der Waals surface area contributed by atoms with E-state index in [1.54, 1.807) is 0 Å². The van der Waals surface area contributed by atoms with E-state index in [-0.39, 0.29) is 36.2 Å². The molecule has 0 amide bonds. The SMILES string of the molecule is CC(C)=CC(=O)OCC12CCC(C)C(C)(CCC(C)CC(=O)O)C1CCC=C2C=O. The highest BCUT2D eigenvalue weighted by Gasteiger charge is 2.56. The van der Waals surface area contributed by atoms with E-state index in [1.165, 1.54) is 6.08 Å². The van der Waals surface area contributed by atoms with Crippen LogP contribution in [-0.2, 0) is 19.1 Å². The lowest BCUT2D eigenvalue weighted by Gasteiger charge is -2.58. The largest absolute Gasteiger partial charge is 0.481 e. The van der Waals surface area contributed by atoms with Gasteiger partial charge in [0.2, 0.25) is 0 Å². The highest BCUT2D eigenvalue weighted by Crippen LogP contribution is 2.62. The first-order valence-electron chi connectivity index (χ1n) is 11.2. The van der Waals surface area contributed by atoms with Crippen molar-refractivity contribution in [2.24, 2.45) is 28.6 Å². The van der Waals surface area contributed by atoms with Gasteiger partial charge in [0.15, 0.2) is 0 Å². The van der Waals surface area contributed by atoms with Crippen LogP contribution in [0.3, 0.4) is 0 Å². The van der Waals surface area contributed by atoms with Crippen molar-refractivity contribution in [2.75, 3.05) is 6.61 Å². The fraction of sp³-hybridized carbons (Fsp3) is 0.720. The molecular formula is C25H38O5. The molecule has 1 fully saturated rings. The Kier molecular flexibility index (Phi) is 8.06. The van der Waals surface area contributed by atoms with Gasteiger partial charge in [-0.15, -0.1) is 0 Å². The van der Waals surface area contributed by atoms with Crippen molar-refractivity contribution in [2.45, 2.75) is 79.6 Å². The van der Waals surface area contributed by atoms with E-state index in [2.05, 4.69) is 13.8 Å². The van der Waals surface area contributed by atoms with Crippen molar-refractivity contribution in [1.82, 2.24) is 0 Å². The molecule has 30 heavy (non-hydrogen) atoms. The molecule has 1 saturated carbocycles. The Hall–Kier alpha value is -1.91. The Labute approximate surface area is 180 Å². The second kappa shape index (κ2) is 9.93. The van der Waals surface area contributed by atoms with Gasteiger partial charge in [0, 0.05) is 17.9 Å². The number of ether oxygens (including phenoxy) is 1. The third-order valence-electron chi connectivity index (χ3n) is 7.71. The monoisotopic (exact) mass is 418 g/mol. The molecule has 2 rings (SSSR count). The molecule has 0 radical (unpaired) electrons. The zero-order valence-corrected chi connectivity index (χ0v) is 19.2. The lowest BCUT2D eigenvalue weighted by atomic mass is 9.46. The molecule has 0 aromatic carbocycles. The topological polar surface area (TPSA) is 80.7 Å². The standard InChI is InChI=1S/C25H38O5/c1-17(2)13-23(29)30-16-25-12-10-19(4)24(5,11-9-18(3)14-22(27)28)21(25)8-6-7-20(25)15-26/h7,13,15,18-19,21H,6,8-12,14,16H2,1-5H3,(H,27,28). The number of carboxylic acid groups (broad SMARTS) is 1. The molecular weight excluding hydrogens is 380 g/mol. The molecule has 2 aliphatic rings. The minimum Gasteiger partial charge on any atom is -0.481 e. The van der Waals surface area contributed by atoms with E-state index < -0.39 is 11.4 Å². The van der Waals surface area contributed by atoms with Crippen LogP contribution >= 0.6 is 0 Å². The first-order chi connectivity index (χ1) is 14.0. The average molecular weight is 419 g/mol. The van der Waals surface area contributed by atoms with Crippen LogP contribution in [0, 0.1) is 28.6 Å². The molecule has 5 heteroatoms. The van der Waals surface area contributed by atoms with Crippen LogP contribution in [0.15, 0.2) is 23.3 Å². The quantitative estimate of drug-likeness (QED) is 0.310. The Bertz CT molecular complexity index is 717. The first kappa shape index (κ1) is 24.4. The molecule has 0 aliphatic heterocycles. The Morgan fingerprint density at radius 2 is 2.03 bits per heavy atom. The Balaban J connectivity index is 2.31. The molecule has 5 atom stereocenters. The summed E-state index contributed by atoms with van der Waals surface area (Å²) in [5.74, 6) is -0.297. The van der Waals surface area contributed by atoms with E-state index in [9.17, 15) is 14.4 Å². The van der Waals surface area contributed by atoms with Gasteiger partial charge in [-0.25, -0.2) is 4.79 Å². The van der Waals surface area contributed by atoms with Gasteiger partial charge >= 0.3 is 11.9 Å². The molecule has 0 bridgehead atoms. The second-order valence-electron chi connectivity index (χ2n) is 10.1. The summed E-state index contributed by atoms with van der Waals surface area (Å²) in [6.45, 7) is 10.5. The minimum absolute atomic E-state index is 0.0313. The molecule has 0 aromatic heterocycles. The van der Waals surface area contributed by atoms with Gasteiger partial charge in [0.05, 0.1) is 0 Å². The normalized spacial score (nSPS) is 31.7. The number of allylic oxidation sites excluding steroid dienone is 2. The number of carbonyl (C=O) groups excluding carboxylic acids is 2. The van der Waals surface area contributed by atoms with Crippen molar-refractivity contribution in [3.05, 3.63) is 23.3 Å². The summed E-state index contributed by atoms with van der Waals surface area (Å²) in [5, 5.41) is 9.12. The molecule has 0 saturated heterocycles. The molecule has 0 spiro atoms.